The zero-order valence-corrected chi connectivity index (χ0v) is 10.7. The summed E-state index contributed by atoms with van der Waals surface area (Å²) in [6.45, 7) is 2.23. The van der Waals surface area contributed by atoms with Gasteiger partial charge in [-0.15, -0.1) is 0 Å². The molecule has 86 valence electrons. The van der Waals surface area contributed by atoms with E-state index in [1.165, 1.54) is 24.9 Å². The summed E-state index contributed by atoms with van der Waals surface area (Å²) < 4.78 is 0. The van der Waals surface area contributed by atoms with Crippen LogP contribution in [0, 0.1) is 0 Å². The molecule has 0 radical (unpaired) electrons. The van der Waals surface area contributed by atoms with Crippen LogP contribution in [-0.2, 0) is 0 Å². The third-order valence-electron chi connectivity index (χ3n) is 2.94. The molecule has 2 rings (SSSR count). The molecule has 0 aromatic heterocycles. The molecule has 16 heavy (non-hydrogen) atoms. The normalized spacial score (nSPS) is 16.2. The van der Waals surface area contributed by atoms with Gasteiger partial charge in [0, 0.05) is 24.3 Å². The van der Waals surface area contributed by atoms with E-state index in [2.05, 4.69) is 4.90 Å². The molecule has 0 spiro atoms. The van der Waals surface area contributed by atoms with Gasteiger partial charge in [-0.3, -0.25) is 0 Å². The Morgan fingerprint density at radius 1 is 1.25 bits per heavy atom. The van der Waals surface area contributed by atoms with Crippen molar-refractivity contribution in [2.75, 3.05) is 18.0 Å². The first-order valence-electron chi connectivity index (χ1n) is 5.53. The van der Waals surface area contributed by atoms with Gasteiger partial charge in [0.15, 0.2) is 0 Å². The number of anilines is 1. The standard InChI is InChI=1S/C12H15ClN2S/c13-11-8-9(4-5-10(11)12(14)16)15-6-2-1-3-7-15/h4-5,8H,1-3,6-7H2,(H2,14,16). The quantitative estimate of drug-likeness (QED) is 0.823. The maximum absolute atomic E-state index is 6.15. The second-order valence-electron chi connectivity index (χ2n) is 4.08. The minimum atomic E-state index is 0.357. The lowest BCUT2D eigenvalue weighted by molar-refractivity contribution is 0.578. The Hall–Kier alpha value is -0.800. The molecule has 1 aromatic rings. The van der Waals surface area contributed by atoms with Crippen LogP contribution in [0.2, 0.25) is 5.02 Å². The molecule has 0 amide bonds. The van der Waals surface area contributed by atoms with Crippen molar-refractivity contribution in [1.29, 1.82) is 0 Å². The van der Waals surface area contributed by atoms with E-state index in [4.69, 9.17) is 29.6 Å². The zero-order valence-electron chi connectivity index (χ0n) is 9.08. The van der Waals surface area contributed by atoms with Crippen molar-refractivity contribution in [2.45, 2.75) is 19.3 Å². The van der Waals surface area contributed by atoms with E-state index in [0.717, 1.165) is 18.7 Å². The number of nitrogens with zero attached hydrogens (tertiary/aromatic N) is 1. The van der Waals surface area contributed by atoms with Gasteiger partial charge in [-0.25, -0.2) is 0 Å². The fraction of sp³-hybridized carbons (Fsp3) is 0.417. The summed E-state index contributed by atoms with van der Waals surface area (Å²) in [4.78, 5) is 2.72. The van der Waals surface area contributed by atoms with E-state index in [1.54, 1.807) is 0 Å². The van der Waals surface area contributed by atoms with Crippen LogP contribution >= 0.6 is 23.8 Å². The van der Waals surface area contributed by atoms with Crippen molar-refractivity contribution in [1.82, 2.24) is 0 Å². The summed E-state index contributed by atoms with van der Waals surface area (Å²) >= 11 is 11.1. The Labute approximate surface area is 106 Å². The van der Waals surface area contributed by atoms with E-state index in [-0.39, 0.29) is 0 Å². The van der Waals surface area contributed by atoms with Gasteiger partial charge in [-0.1, -0.05) is 23.8 Å². The van der Waals surface area contributed by atoms with E-state index < -0.39 is 0 Å². The molecule has 1 heterocycles. The molecule has 0 atom stereocenters. The largest absolute Gasteiger partial charge is 0.389 e. The molecular weight excluding hydrogens is 240 g/mol. The topological polar surface area (TPSA) is 29.3 Å². The molecule has 0 saturated carbocycles. The monoisotopic (exact) mass is 254 g/mol. The highest BCUT2D eigenvalue weighted by molar-refractivity contribution is 7.80. The molecule has 4 heteroatoms. The Morgan fingerprint density at radius 3 is 2.50 bits per heavy atom. The average Bonchev–Trinajstić information content (AvgIpc) is 2.29. The smallest absolute Gasteiger partial charge is 0.105 e. The third-order valence-corrected chi connectivity index (χ3v) is 3.47. The average molecular weight is 255 g/mol. The number of hydrogen-bond donors (Lipinski definition) is 1. The van der Waals surface area contributed by atoms with Crippen molar-refractivity contribution in [2.24, 2.45) is 5.73 Å². The molecule has 1 saturated heterocycles. The molecule has 1 aliphatic heterocycles. The van der Waals surface area contributed by atoms with E-state index in [9.17, 15) is 0 Å². The number of rotatable bonds is 2. The highest BCUT2D eigenvalue weighted by Crippen LogP contribution is 2.25. The number of piperidine rings is 1. The molecule has 1 aliphatic rings. The van der Waals surface area contributed by atoms with Crippen LogP contribution in [0.1, 0.15) is 24.8 Å². The van der Waals surface area contributed by atoms with Crippen molar-refractivity contribution >= 4 is 34.5 Å². The zero-order chi connectivity index (χ0) is 11.5. The van der Waals surface area contributed by atoms with Gasteiger partial charge >= 0.3 is 0 Å². The highest BCUT2D eigenvalue weighted by Gasteiger charge is 2.12. The van der Waals surface area contributed by atoms with Gasteiger partial charge < -0.3 is 10.6 Å². The number of hydrogen-bond acceptors (Lipinski definition) is 2. The Morgan fingerprint density at radius 2 is 1.94 bits per heavy atom. The van der Waals surface area contributed by atoms with Crippen molar-refractivity contribution in [3.8, 4) is 0 Å². The second kappa shape index (κ2) is 5.02. The van der Waals surface area contributed by atoms with Gasteiger partial charge in [0.25, 0.3) is 0 Å². The molecule has 0 bridgehead atoms. The van der Waals surface area contributed by atoms with E-state index in [1.807, 2.05) is 18.2 Å². The second-order valence-corrected chi connectivity index (χ2v) is 4.92. The van der Waals surface area contributed by atoms with E-state index in [0.29, 0.717) is 10.0 Å². The molecule has 0 aliphatic carbocycles. The van der Waals surface area contributed by atoms with Gasteiger partial charge in [0.2, 0.25) is 0 Å². The third kappa shape index (κ3) is 2.47. The van der Waals surface area contributed by atoms with Crippen LogP contribution in [0.5, 0.6) is 0 Å². The molecule has 1 fully saturated rings. The van der Waals surface area contributed by atoms with Gasteiger partial charge in [0.05, 0.1) is 5.02 Å². The molecule has 0 unspecified atom stereocenters. The van der Waals surface area contributed by atoms with Crippen molar-refractivity contribution in [3.05, 3.63) is 28.8 Å². The highest BCUT2D eigenvalue weighted by atomic mass is 35.5. The van der Waals surface area contributed by atoms with E-state index >= 15 is 0 Å². The van der Waals surface area contributed by atoms with Crippen LogP contribution < -0.4 is 10.6 Å². The Balaban J connectivity index is 2.23. The number of halogens is 1. The van der Waals surface area contributed by atoms with Crippen LogP contribution in [0.3, 0.4) is 0 Å². The molecule has 2 nitrogen and oxygen atoms in total. The van der Waals surface area contributed by atoms with Crippen LogP contribution in [0.4, 0.5) is 5.69 Å². The fourth-order valence-corrected chi connectivity index (χ4v) is 2.56. The maximum atomic E-state index is 6.15. The summed E-state index contributed by atoms with van der Waals surface area (Å²) in [5.41, 5.74) is 7.51. The summed E-state index contributed by atoms with van der Waals surface area (Å²) in [5.74, 6) is 0. The minimum absolute atomic E-state index is 0.357. The maximum Gasteiger partial charge on any atom is 0.105 e. The Kier molecular flexibility index (Phi) is 3.66. The lowest BCUT2D eigenvalue weighted by Gasteiger charge is -2.29. The summed E-state index contributed by atoms with van der Waals surface area (Å²) in [6.07, 6.45) is 3.85. The predicted octanol–water partition coefficient (Wildman–Crippen LogP) is 2.96. The SMILES string of the molecule is NC(=S)c1ccc(N2CCCCC2)cc1Cl. The number of thiocarbonyl (C=S) groups is 1. The van der Waals surface area contributed by atoms with Gasteiger partial charge in [0.1, 0.15) is 4.99 Å². The minimum Gasteiger partial charge on any atom is -0.389 e. The lowest BCUT2D eigenvalue weighted by atomic mass is 10.1. The molecular formula is C12H15ClN2S. The summed E-state index contributed by atoms with van der Waals surface area (Å²) in [5, 5.41) is 0.649. The lowest BCUT2D eigenvalue weighted by Crippen LogP contribution is -2.29. The predicted molar refractivity (Wildman–Crippen MR) is 73.4 cm³/mol. The fourth-order valence-electron chi connectivity index (χ4n) is 2.05. The van der Waals surface area contributed by atoms with Crippen LogP contribution in [0.25, 0.3) is 0 Å². The molecule has 2 N–H and O–H groups in total. The summed E-state index contributed by atoms with van der Waals surface area (Å²) in [6, 6.07) is 5.92. The van der Waals surface area contributed by atoms with Crippen molar-refractivity contribution < 1.29 is 0 Å². The first-order valence-corrected chi connectivity index (χ1v) is 6.31. The first kappa shape index (κ1) is 11.7. The number of nitrogens with two attached hydrogens (primary N) is 1. The molecule has 1 aromatic carbocycles. The van der Waals surface area contributed by atoms with Crippen LogP contribution in [-0.4, -0.2) is 18.1 Å². The number of benzene rings is 1. The van der Waals surface area contributed by atoms with Gasteiger partial charge in [-0.05, 0) is 37.5 Å². The summed E-state index contributed by atoms with van der Waals surface area (Å²) in [7, 11) is 0. The van der Waals surface area contributed by atoms with Crippen LogP contribution in [0.15, 0.2) is 18.2 Å². The first-order chi connectivity index (χ1) is 7.68. The van der Waals surface area contributed by atoms with Gasteiger partial charge in [-0.2, -0.15) is 0 Å². The Bertz CT molecular complexity index is 400. The van der Waals surface area contributed by atoms with Crippen molar-refractivity contribution in [3.63, 3.8) is 0 Å².